The van der Waals surface area contributed by atoms with E-state index in [2.05, 4.69) is 14.7 Å². The van der Waals surface area contributed by atoms with Crippen LogP contribution in [0.1, 0.15) is 32.3 Å². The molecule has 1 unspecified atom stereocenters. The van der Waals surface area contributed by atoms with Gasteiger partial charge in [-0.3, -0.25) is 14.1 Å². The molecule has 2 N–H and O–H groups in total. The number of sulfonamides is 1. The molecule has 10 nitrogen and oxygen atoms in total. The Morgan fingerprint density at radius 2 is 1.87 bits per heavy atom. The van der Waals surface area contributed by atoms with E-state index in [0.29, 0.717) is 25.6 Å². The van der Waals surface area contributed by atoms with Crippen LogP contribution in [-0.4, -0.2) is 67.7 Å². The van der Waals surface area contributed by atoms with E-state index in [-0.39, 0.29) is 32.3 Å². The summed E-state index contributed by atoms with van der Waals surface area (Å²) >= 11 is 6.40. The second-order valence-electron chi connectivity index (χ2n) is 9.80. The molecule has 0 amide bonds. The van der Waals surface area contributed by atoms with E-state index < -0.39 is 38.2 Å². The van der Waals surface area contributed by atoms with Gasteiger partial charge in [-0.1, -0.05) is 11.6 Å². The van der Waals surface area contributed by atoms with Gasteiger partial charge in [0.05, 0.1) is 34.2 Å². The van der Waals surface area contributed by atoms with Crippen molar-refractivity contribution in [3.63, 3.8) is 0 Å². The predicted octanol–water partition coefficient (Wildman–Crippen LogP) is 3.61. The minimum Gasteiger partial charge on any atom is -0.347 e. The summed E-state index contributed by atoms with van der Waals surface area (Å²) in [5.41, 5.74) is -0.577. The van der Waals surface area contributed by atoms with Gasteiger partial charge in [0.1, 0.15) is 27.5 Å². The van der Waals surface area contributed by atoms with Gasteiger partial charge in [0.15, 0.2) is 5.82 Å². The number of halogens is 3. The standard InChI is InChI=1S/C24H26ClF2N7O3S2/c1-15(2)38(35)33-6-3-18(13-33)39(36,37)31-20-10-16(26)9-19(25)21(20)22(28)34-8-7-32(14-24(34)4-5-24)23-29-11-17(27)12-30-23/h3,6,9-13,15,28,31H,4-5,7-8,14H2,1-2H3. The molecule has 3 aromatic rings. The van der Waals surface area contributed by atoms with Gasteiger partial charge in [-0.15, -0.1) is 0 Å². The van der Waals surface area contributed by atoms with Crippen LogP contribution in [0.3, 0.4) is 0 Å². The Morgan fingerprint density at radius 1 is 1.18 bits per heavy atom. The van der Waals surface area contributed by atoms with Crippen molar-refractivity contribution >= 4 is 50.1 Å². The summed E-state index contributed by atoms with van der Waals surface area (Å²) in [7, 11) is -5.70. The molecule has 1 aliphatic carbocycles. The lowest BCUT2D eigenvalue weighted by atomic mass is 10.1. The Balaban J connectivity index is 1.42. The van der Waals surface area contributed by atoms with E-state index in [1.54, 1.807) is 13.8 Å². The number of aromatic nitrogens is 3. The third-order valence-electron chi connectivity index (χ3n) is 6.74. The van der Waals surface area contributed by atoms with Gasteiger partial charge < -0.3 is 9.80 Å². The molecule has 208 valence electrons. The molecule has 1 spiro atoms. The number of benzene rings is 1. The zero-order valence-corrected chi connectivity index (χ0v) is 23.5. The first-order valence-corrected chi connectivity index (χ1v) is 15.1. The maximum absolute atomic E-state index is 14.4. The molecule has 5 rings (SSSR count). The third-order valence-corrected chi connectivity index (χ3v) is 9.83. The average molecular weight is 598 g/mol. The summed E-state index contributed by atoms with van der Waals surface area (Å²) < 4.78 is 70.2. The molecule has 1 saturated carbocycles. The molecule has 1 aliphatic heterocycles. The molecular formula is C24H26ClF2N7O3S2. The van der Waals surface area contributed by atoms with Crippen molar-refractivity contribution in [3.05, 3.63) is 65.2 Å². The van der Waals surface area contributed by atoms with E-state index in [0.717, 1.165) is 37.4 Å². The Hall–Kier alpha value is -3.10. The Kier molecular flexibility index (Phi) is 7.14. The summed E-state index contributed by atoms with van der Waals surface area (Å²) in [5, 5.41) is 8.68. The highest BCUT2D eigenvalue weighted by atomic mass is 35.5. The highest BCUT2D eigenvalue weighted by Crippen LogP contribution is 2.46. The van der Waals surface area contributed by atoms with Crippen molar-refractivity contribution in [2.45, 2.75) is 42.4 Å². The third kappa shape index (κ3) is 5.37. The highest BCUT2D eigenvalue weighted by molar-refractivity contribution is 7.92. The molecule has 2 aromatic heterocycles. The van der Waals surface area contributed by atoms with Crippen LogP contribution in [0.5, 0.6) is 0 Å². The number of nitrogens with zero attached hydrogens (tertiary/aromatic N) is 5. The van der Waals surface area contributed by atoms with Crippen molar-refractivity contribution in [2.24, 2.45) is 0 Å². The fraction of sp³-hybridized carbons (Fsp3) is 0.375. The van der Waals surface area contributed by atoms with Gasteiger partial charge >= 0.3 is 0 Å². The first-order valence-electron chi connectivity index (χ1n) is 12.1. The fourth-order valence-electron chi connectivity index (χ4n) is 4.64. The lowest BCUT2D eigenvalue weighted by molar-refractivity contribution is 0.257. The number of piperazine rings is 1. The molecule has 0 radical (unpaired) electrons. The maximum atomic E-state index is 14.4. The molecule has 1 saturated heterocycles. The quantitative estimate of drug-likeness (QED) is 0.315. The van der Waals surface area contributed by atoms with Gasteiger partial charge in [-0.25, -0.2) is 31.4 Å². The summed E-state index contributed by atoms with van der Waals surface area (Å²) in [6, 6.07) is 3.32. The first-order chi connectivity index (χ1) is 18.4. The summed E-state index contributed by atoms with van der Waals surface area (Å²) in [6.45, 7) is 4.75. The molecule has 15 heteroatoms. The minimum absolute atomic E-state index is 0.0459. The number of amidine groups is 1. The van der Waals surface area contributed by atoms with Crippen molar-refractivity contribution in [1.29, 1.82) is 5.41 Å². The fourth-order valence-corrected chi connectivity index (χ4v) is 6.95. The predicted molar refractivity (Wildman–Crippen MR) is 145 cm³/mol. The number of hydrogen-bond donors (Lipinski definition) is 2. The molecule has 39 heavy (non-hydrogen) atoms. The van der Waals surface area contributed by atoms with E-state index >= 15 is 0 Å². The van der Waals surface area contributed by atoms with Crippen molar-refractivity contribution < 1.29 is 21.4 Å². The molecular weight excluding hydrogens is 572 g/mol. The summed E-state index contributed by atoms with van der Waals surface area (Å²) in [5.74, 6) is -0.973. The monoisotopic (exact) mass is 597 g/mol. The lowest BCUT2D eigenvalue weighted by Crippen LogP contribution is -2.57. The number of hydrogen-bond acceptors (Lipinski definition) is 7. The normalized spacial score (nSPS) is 17.5. The van der Waals surface area contributed by atoms with E-state index in [9.17, 15) is 21.4 Å². The Bertz CT molecular complexity index is 1560. The van der Waals surface area contributed by atoms with Gasteiger partial charge in [0, 0.05) is 37.3 Å². The van der Waals surface area contributed by atoms with E-state index in [4.69, 9.17) is 17.0 Å². The van der Waals surface area contributed by atoms with Crippen LogP contribution in [0.4, 0.5) is 20.4 Å². The van der Waals surface area contributed by atoms with Crippen LogP contribution in [0.15, 0.2) is 47.9 Å². The number of nitrogens with one attached hydrogen (secondary N) is 2. The summed E-state index contributed by atoms with van der Waals surface area (Å²) in [6.07, 6.45) is 6.35. The van der Waals surface area contributed by atoms with Gasteiger partial charge in [0.25, 0.3) is 10.0 Å². The SMILES string of the molecule is CC(C)S(=O)n1ccc(S(=O)(=O)Nc2cc(F)cc(Cl)c2C(=N)N2CCN(c3ncc(F)cn3)CC23CC3)c1. The van der Waals surface area contributed by atoms with Crippen LogP contribution in [0, 0.1) is 17.0 Å². The largest absolute Gasteiger partial charge is 0.347 e. The van der Waals surface area contributed by atoms with Crippen molar-refractivity contribution in [2.75, 3.05) is 29.3 Å². The van der Waals surface area contributed by atoms with E-state index in [1.807, 2.05) is 9.80 Å². The second kappa shape index (κ2) is 10.1. The lowest BCUT2D eigenvalue weighted by Gasteiger charge is -2.43. The van der Waals surface area contributed by atoms with Crippen molar-refractivity contribution in [1.82, 2.24) is 18.8 Å². The van der Waals surface area contributed by atoms with E-state index in [1.165, 1.54) is 22.4 Å². The Morgan fingerprint density at radius 3 is 2.51 bits per heavy atom. The summed E-state index contributed by atoms with van der Waals surface area (Å²) in [4.78, 5) is 11.7. The molecule has 2 fully saturated rings. The molecule has 1 atom stereocenters. The van der Waals surface area contributed by atoms with Crippen molar-refractivity contribution in [3.8, 4) is 0 Å². The van der Waals surface area contributed by atoms with Gasteiger partial charge in [-0.05, 0) is 44.9 Å². The smallest absolute Gasteiger partial charge is 0.263 e. The molecule has 3 heterocycles. The number of anilines is 2. The second-order valence-corrected chi connectivity index (χ2v) is 13.8. The van der Waals surface area contributed by atoms with Gasteiger partial charge in [-0.2, -0.15) is 0 Å². The number of rotatable bonds is 7. The highest BCUT2D eigenvalue weighted by Gasteiger charge is 2.53. The zero-order chi connectivity index (χ0) is 28.1. The first kappa shape index (κ1) is 27.5. The maximum Gasteiger partial charge on any atom is 0.263 e. The van der Waals surface area contributed by atoms with Gasteiger partial charge in [0.2, 0.25) is 5.95 Å². The molecule has 2 aliphatic rings. The Labute approximate surface area is 232 Å². The zero-order valence-electron chi connectivity index (χ0n) is 21.1. The minimum atomic E-state index is -4.23. The average Bonchev–Trinajstić information content (AvgIpc) is 3.43. The van der Waals surface area contributed by atoms with Crippen LogP contribution >= 0.6 is 11.6 Å². The topological polar surface area (TPSA) is 124 Å². The van der Waals surface area contributed by atoms with Crippen LogP contribution in [-0.2, 0) is 21.0 Å². The van der Waals surface area contributed by atoms with Crippen LogP contribution in [0.2, 0.25) is 5.02 Å². The molecule has 0 bridgehead atoms. The molecule has 1 aromatic carbocycles. The van der Waals surface area contributed by atoms with Crippen LogP contribution in [0.25, 0.3) is 0 Å². The van der Waals surface area contributed by atoms with Crippen LogP contribution < -0.4 is 9.62 Å².